The van der Waals surface area contributed by atoms with Crippen molar-refractivity contribution in [3.63, 3.8) is 0 Å². The van der Waals surface area contributed by atoms with Crippen LogP contribution >= 0.6 is 0 Å². The zero-order valence-corrected chi connectivity index (χ0v) is 17.8. The van der Waals surface area contributed by atoms with E-state index in [1.807, 2.05) is 67.6 Å². The van der Waals surface area contributed by atoms with E-state index in [0.29, 0.717) is 18.7 Å². The van der Waals surface area contributed by atoms with Crippen LogP contribution in [0.2, 0.25) is 0 Å². The number of hydrogen-bond acceptors (Lipinski definition) is 4. The van der Waals surface area contributed by atoms with Gasteiger partial charge in [-0.15, -0.1) is 0 Å². The quantitative estimate of drug-likeness (QED) is 0.426. The van der Waals surface area contributed by atoms with Gasteiger partial charge < -0.3 is 10.4 Å². The Labute approximate surface area is 186 Å². The molecule has 5 heteroatoms. The molecular weight excluding hydrogens is 398 g/mol. The molecule has 0 saturated carbocycles. The molecule has 0 bridgehead atoms. The Morgan fingerprint density at radius 1 is 0.969 bits per heavy atom. The molecule has 2 N–H and O–H groups in total. The predicted molar refractivity (Wildman–Crippen MR) is 125 cm³/mol. The maximum Gasteiger partial charge on any atom is 0.229 e. The van der Waals surface area contributed by atoms with Gasteiger partial charge in [-0.05, 0) is 41.8 Å². The molecule has 1 amide bonds. The third-order valence-electron chi connectivity index (χ3n) is 5.70. The lowest BCUT2D eigenvalue weighted by Crippen LogP contribution is -2.18. The fourth-order valence-electron chi connectivity index (χ4n) is 4.06. The van der Waals surface area contributed by atoms with Gasteiger partial charge in [-0.2, -0.15) is 0 Å². The van der Waals surface area contributed by atoms with E-state index in [2.05, 4.69) is 5.32 Å². The van der Waals surface area contributed by atoms with Crippen molar-refractivity contribution < 1.29 is 9.90 Å². The average molecular weight is 422 g/mol. The monoisotopic (exact) mass is 421 g/mol. The zero-order valence-electron chi connectivity index (χ0n) is 17.8. The van der Waals surface area contributed by atoms with Crippen LogP contribution in [-0.2, 0) is 24.1 Å². The van der Waals surface area contributed by atoms with Crippen LogP contribution in [0.4, 0.5) is 5.82 Å². The van der Waals surface area contributed by atoms with Gasteiger partial charge in [-0.1, -0.05) is 60.2 Å². The van der Waals surface area contributed by atoms with Crippen molar-refractivity contribution >= 4 is 11.7 Å². The molecule has 32 heavy (non-hydrogen) atoms. The van der Waals surface area contributed by atoms with Crippen LogP contribution in [0.15, 0.2) is 72.8 Å². The van der Waals surface area contributed by atoms with E-state index in [1.165, 1.54) is 0 Å². The number of carbonyl (C=O) groups excluding carboxylic acids is 1. The van der Waals surface area contributed by atoms with Crippen molar-refractivity contribution in [2.75, 3.05) is 5.32 Å². The van der Waals surface area contributed by atoms with Gasteiger partial charge in [-0.3, -0.25) is 4.79 Å². The first-order valence-corrected chi connectivity index (χ1v) is 10.7. The van der Waals surface area contributed by atoms with Gasteiger partial charge in [0.1, 0.15) is 5.75 Å². The summed E-state index contributed by atoms with van der Waals surface area (Å²) in [7, 11) is 0. The van der Waals surface area contributed by atoms with E-state index < -0.39 is 0 Å². The minimum absolute atomic E-state index is 0.120. The van der Waals surface area contributed by atoms with Gasteiger partial charge in [0.05, 0.1) is 23.5 Å². The highest BCUT2D eigenvalue weighted by atomic mass is 16.3. The minimum Gasteiger partial charge on any atom is -0.508 e. The molecule has 0 saturated heterocycles. The first-order chi connectivity index (χ1) is 15.5. The second-order valence-electron chi connectivity index (χ2n) is 8.21. The number of phenols is 1. The first kappa shape index (κ1) is 19.9. The highest BCUT2D eigenvalue weighted by molar-refractivity contribution is 5.92. The first-order valence-electron chi connectivity index (χ1n) is 10.7. The Morgan fingerprint density at radius 2 is 1.75 bits per heavy atom. The normalized spacial score (nSPS) is 11.7. The molecule has 5 nitrogen and oxygen atoms in total. The summed E-state index contributed by atoms with van der Waals surface area (Å²) < 4.78 is 0. The van der Waals surface area contributed by atoms with Crippen molar-refractivity contribution in [1.29, 1.82) is 0 Å². The van der Waals surface area contributed by atoms with Gasteiger partial charge in [0.2, 0.25) is 5.91 Å². The van der Waals surface area contributed by atoms with E-state index in [0.717, 1.165) is 44.9 Å². The molecule has 158 valence electrons. The van der Waals surface area contributed by atoms with Crippen LogP contribution in [0.3, 0.4) is 0 Å². The number of nitrogens with zero attached hydrogens (tertiary/aromatic N) is 2. The van der Waals surface area contributed by atoms with Crippen molar-refractivity contribution in [2.45, 2.75) is 26.2 Å². The van der Waals surface area contributed by atoms with Gasteiger partial charge in [0.25, 0.3) is 0 Å². The highest BCUT2D eigenvalue weighted by Gasteiger charge is 2.25. The van der Waals surface area contributed by atoms with Gasteiger partial charge >= 0.3 is 0 Å². The summed E-state index contributed by atoms with van der Waals surface area (Å²) in [5.41, 5.74) is 7.55. The molecule has 0 fully saturated rings. The molecule has 1 aliphatic carbocycles. The van der Waals surface area contributed by atoms with Gasteiger partial charge in [-0.25, -0.2) is 9.97 Å². The molecule has 1 aliphatic rings. The fraction of sp³-hybridized carbons (Fsp3) is 0.148. The lowest BCUT2D eigenvalue weighted by Gasteiger charge is -2.13. The molecule has 0 radical (unpaired) electrons. The number of nitrogens with one attached hydrogen (secondary N) is 1. The van der Waals surface area contributed by atoms with E-state index in [1.54, 1.807) is 12.1 Å². The number of phenolic OH excluding ortho intramolecular Hbond substituents is 1. The molecule has 0 unspecified atom stereocenters. The van der Waals surface area contributed by atoms with Crippen LogP contribution in [0.1, 0.15) is 33.6 Å². The summed E-state index contributed by atoms with van der Waals surface area (Å²) in [6.07, 6.45) is 1.42. The second-order valence-corrected chi connectivity index (χ2v) is 8.21. The number of aryl methyl sites for hydroxylation is 1. The number of benzene rings is 3. The molecular formula is C27H23N3O2. The Balaban J connectivity index is 1.48. The average Bonchev–Trinajstić information content (AvgIpc) is 3.12. The van der Waals surface area contributed by atoms with E-state index in [4.69, 9.17) is 9.97 Å². The maximum absolute atomic E-state index is 12.8. The molecule has 5 rings (SSSR count). The number of amides is 1. The number of rotatable bonds is 5. The second kappa shape index (κ2) is 8.27. The molecule has 3 aromatic carbocycles. The van der Waals surface area contributed by atoms with Crippen LogP contribution in [0.25, 0.3) is 11.3 Å². The number of hydrogen-bond donors (Lipinski definition) is 2. The molecule has 0 aliphatic heterocycles. The number of anilines is 1. The molecule has 0 atom stereocenters. The van der Waals surface area contributed by atoms with Gasteiger partial charge in [0, 0.05) is 18.4 Å². The van der Waals surface area contributed by atoms with Crippen molar-refractivity contribution in [1.82, 2.24) is 9.97 Å². The van der Waals surface area contributed by atoms with Crippen LogP contribution in [0.5, 0.6) is 5.75 Å². The SMILES string of the molecule is Cc1ccc(CC(=O)Nc2nc3c(nc2Cc2ccccc2)-c2ccc(O)cc2C3)cc1. The fourth-order valence-corrected chi connectivity index (χ4v) is 4.06. The molecule has 1 heterocycles. The lowest BCUT2D eigenvalue weighted by atomic mass is 10.1. The lowest BCUT2D eigenvalue weighted by molar-refractivity contribution is -0.115. The van der Waals surface area contributed by atoms with Crippen LogP contribution in [-0.4, -0.2) is 21.0 Å². The van der Waals surface area contributed by atoms with Crippen molar-refractivity contribution in [3.8, 4) is 17.0 Å². The van der Waals surface area contributed by atoms with Crippen LogP contribution < -0.4 is 5.32 Å². The number of aromatic hydroxyl groups is 1. The number of fused-ring (bicyclic) bond motifs is 3. The zero-order chi connectivity index (χ0) is 22.1. The summed E-state index contributed by atoms with van der Waals surface area (Å²) in [6.45, 7) is 2.03. The smallest absolute Gasteiger partial charge is 0.229 e. The third-order valence-corrected chi connectivity index (χ3v) is 5.70. The van der Waals surface area contributed by atoms with Gasteiger partial charge in [0.15, 0.2) is 5.82 Å². The summed E-state index contributed by atoms with van der Waals surface area (Å²) in [5.74, 6) is 0.611. The van der Waals surface area contributed by atoms with E-state index in [-0.39, 0.29) is 18.1 Å². The third kappa shape index (κ3) is 4.10. The number of aromatic nitrogens is 2. The van der Waals surface area contributed by atoms with Crippen molar-refractivity contribution in [2.24, 2.45) is 0 Å². The summed E-state index contributed by atoms with van der Waals surface area (Å²) >= 11 is 0. The van der Waals surface area contributed by atoms with Crippen LogP contribution in [0, 0.1) is 6.92 Å². The predicted octanol–water partition coefficient (Wildman–Crippen LogP) is 4.83. The Hall–Kier alpha value is -3.99. The Morgan fingerprint density at radius 3 is 2.53 bits per heavy atom. The van der Waals surface area contributed by atoms with E-state index in [9.17, 15) is 9.90 Å². The largest absolute Gasteiger partial charge is 0.508 e. The highest BCUT2D eigenvalue weighted by Crippen LogP contribution is 2.37. The number of carbonyl (C=O) groups is 1. The Bertz CT molecular complexity index is 1300. The minimum atomic E-state index is -0.120. The topological polar surface area (TPSA) is 75.1 Å². The molecule has 4 aromatic rings. The Kier molecular flexibility index (Phi) is 5.15. The maximum atomic E-state index is 12.8. The summed E-state index contributed by atoms with van der Waals surface area (Å²) in [6, 6.07) is 23.3. The standard InChI is InChI=1S/C27H23N3O2/c1-17-7-9-19(10-8-17)14-25(32)30-27-24(13-18-5-3-2-4-6-18)28-26-22-12-11-21(31)15-20(22)16-23(26)29-27/h2-12,15,31H,13-14,16H2,1H3,(H,29,30,32). The summed E-state index contributed by atoms with van der Waals surface area (Å²) in [5, 5.41) is 12.9. The summed E-state index contributed by atoms with van der Waals surface area (Å²) in [4.78, 5) is 22.6. The molecule has 1 aromatic heterocycles. The molecule has 0 spiro atoms. The van der Waals surface area contributed by atoms with Crippen molar-refractivity contribution in [3.05, 3.63) is 106 Å². The van der Waals surface area contributed by atoms with E-state index >= 15 is 0 Å².